The summed E-state index contributed by atoms with van der Waals surface area (Å²) in [7, 11) is 0. The molecule has 2 aliphatic rings. The number of hydrogen-bond donors (Lipinski definition) is 1. The lowest BCUT2D eigenvalue weighted by Gasteiger charge is -2.31. The van der Waals surface area contributed by atoms with Crippen molar-refractivity contribution in [2.75, 3.05) is 36.5 Å². The molecule has 10 nitrogen and oxygen atoms in total. The van der Waals surface area contributed by atoms with Gasteiger partial charge in [0.25, 0.3) is 0 Å². The van der Waals surface area contributed by atoms with Crippen molar-refractivity contribution >= 4 is 22.5 Å². The molecule has 0 spiro atoms. The summed E-state index contributed by atoms with van der Waals surface area (Å²) in [5.41, 5.74) is 3.63. The van der Waals surface area contributed by atoms with E-state index in [1.165, 1.54) is 6.39 Å². The van der Waals surface area contributed by atoms with Gasteiger partial charge in [-0.1, -0.05) is 0 Å². The molecule has 6 rings (SSSR count). The highest BCUT2D eigenvalue weighted by atomic mass is 16.5. The molecule has 0 amide bonds. The van der Waals surface area contributed by atoms with Crippen molar-refractivity contribution in [2.45, 2.75) is 37.8 Å². The number of benzene rings is 1. The van der Waals surface area contributed by atoms with Crippen molar-refractivity contribution < 1.29 is 13.9 Å². The largest absolute Gasteiger partial charge is 0.488 e. The van der Waals surface area contributed by atoms with Crippen LogP contribution in [-0.4, -0.2) is 63.6 Å². The SMILES string of the molecule is c1cc(-c2nnco2)cc(N[C@H]2CC[C@@H](Oc3cc(N4CCOCC4)cc4nccnc34)CC2)n1. The second-order valence-electron chi connectivity index (χ2n) is 8.88. The maximum atomic E-state index is 6.54. The minimum absolute atomic E-state index is 0.135. The minimum atomic E-state index is 0.135. The highest BCUT2D eigenvalue weighted by Crippen LogP contribution is 2.33. The summed E-state index contributed by atoms with van der Waals surface area (Å²) >= 11 is 0. The summed E-state index contributed by atoms with van der Waals surface area (Å²) in [6.07, 6.45) is 10.5. The Balaban J connectivity index is 1.12. The van der Waals surface area contributed by atoms with E-state index in [1.807, 2.05) is 12.1 Å². The van der Waals surface area contributed by atoms with E-state index < -0.39 is 0 Å². The Hall–Kier alpha value is -3.79. The van der Waals surface area contributed by atoms with Crippen LogP contribution in [0.5, 0.6) is 5.75 Å². The van der Waals surface area contributed by atoms with Gasteiger partial charge < -0.3 is 24.1 Å². The molecule has 35 heavy (non-hydrogen) atoms. The molecule has 1 saturated heterocycles. The number of nitrogens with zero attached hydrogens (tertiary/aromatic N) is 6. The van der Waals surface area contributed by atoms with Crippen molar-refractivity contribution in [1.29, 1.82) is 0 Å². The fraction of sp³-hybridized carbons (Fsp3) is 0.400. The topological polar surface area (TPSA) is 111 Å². The highest BCUT2D eigenvalue weighted by molar-refractivity contribution is 5.85. The Morgan fingerprint density at radius 1 is 0.943 bits per heavy atom. The summed E-state index contributed by atoms with van der Waals surface area (Å²) in [6, 6.07) is 8.34. The summed E-state index contributed by atoms with van der Waals surface area (Å²) < 4.78 is 17.4. The fourth-order valence-electron chi connectivity index (χ4n) is 4.78. The first-order valence-corrected chi connectivity index (χ1v) is 12.0. The standard InChI is InChI=1S/C25H27N7O3/c1-3-20(4-2-18(1)30-23-13-17(5-6-27-23)25-31-29-16-34-25)35-22-15-19(32-9-11-33-12-10-32)14-21-24(22)28-8-7-26-21/h5-8,13-16,18,20H,1-4,9-12H2,(H,27,30)/t18-,20+. The first kappa shape index (κ1) is 21.7. The summed E-state index contributed by atoms with van der Waals surface area (Å²) in [4.78, 5) is 15.9. The van der Waals surface area contributed by atoms with E-state index >= 15 is 0 Å². The van der Waals surface area contributed by atoms with E-state index in [0.717, 1.165) is 85.8 Å². The molecule has 4 heterocycles. The summed E-state index contributed by atoms with van der Waals surface area (Å²) in [5, 5.41) is 11.3. The predicted octanol–water partition coefficient (Wildman–Crippen LogP) is 3.71. The predicted molar refractivity (Wildman–Crippen MR) is 130 cm³/mol. The molecule has 4 aromatic rings. The van der Waals surface area contributed by atoms with Crippen LogP contribution in [-0.2, 0) is 4.74 Å². The van der Waals surface area contributed by atoms with E-state index in [9.17, 15) is 0 Å². The van der Waals surface area contributed by atoms with Crippen molar-refractivity contribution in [2.24, 2.45) is 0 Å². The quantitative estimate of drug-likeness (QED) is 0.445. The molecule has 0 radical (unpaired) electrons. The van der Waals surface area contributed by atoms with Gasteiger partial charge in [-0.2, -0.15) is 0 Å². The molecular formula is C25H27N7O3. The molecule has 0 bridgehead atoms. The molecule has 0 atom stereocenters. The molecule has 1 N–H and O–H groups in total. The lowest BCUT2D eigenvalue weighted by molar-refractivity contribution is 0.122. The molecule has 1 aliphatic carbocycles. The van der Waals surface area contributed by atoms with Crippen molar-refractivity contribution in [1.82, 2.24) is 25.1 Å². The number of anilines is 2. The Morgan fingerprint density at radius 2 is 1.80 bits per heavy atom. The molecule has 2 fully saturated rings. The van der Waals surface area contributed by atoms with Crippen LogP contribution < -0.4 is 15.0 Å². The number of ether oxygens (including phenoxy) is 2. The highest BCUT2D eigenvalue weighted by Gasteiger charge is 2.24. The van der Waals surface area contributed by atoms with E-state index in [4.69, 9.17) is 13.9 Å². The van der Waals surface area contributed by atoms with Crippen molar-refractivity contribution in [3.63, 3.8) is 0 Å². The summed E-state index contributed by atoms with van der Waals surface area (Å²) in [6.45, 7) is 3.20. The Kier molecular flexibility index (Phi) is 6.10. The lowest BCUT2D eigenvalue weighted by Crippen LogP contribution is -2.36. The van der Waals surface area contributed by atoms with Gasteiger partial charge >= 0.3 is 0 Å². The van der Waals surface area contributed by atoms with Gasteiger partial charge in [-0.3, -0.25) is 4.98 Å². The third-order valence-electron chi connectivity index (χ3n) is 6.59. The van der Waals surface area contributed by atoms with E-state index in [0.29, 0.717) is 11.9 Å². The van der Waals surface area contributed by atoms with Crippen molar-refractivity contribution in [3.05, 3.63) is 49.2 Å². The molecule has 0 unspecified atom stereocenters. The maximum absolute atomic E-state index is 6.54. The van der Waals surface area contributed by atoms with E-state index in [2.05, 4.69) is 47.5 Å². The van der Waals surface area contributed by atoms with Crippen LogP contribution >= 0.6 is 0 Å². The molecule has 10 heteroatoms. The van der Waals surface area contributed by atoms with Crippen LogP contribution in [0.2, 0.25) is 0 Å². The van der Waals surface area contributed by atoms with Gasteiger partial charge in [0.1, 0.15) is 17.1 Å². The first-order chi connectivity index (χ1) is 17.3. The molecule has 1 saturated carbocycles. The number of nitrogens with one attached hydrogen (secondary N) is 1. The van der Waals surface area contributed by atoms with Gasteiger partial charge in [-0.05, 0) is 43.9 Å². The number of pyridine rings is 1. The number of hydrogen-bond acceptors (Lipinski definition) is 10. The Labute approximate surface area is 202 Å². The normalized spacial score (nSPS) is 20.6. The third-order valence-corrected chi connectivity index (χ3v) is 6.59. The van der Waals surface area contributed by atoms with Crippen LogP contribution in [0.15, 0.2) is 53.7 Å². The van der Waals surface area contributed by atoms with Gasteiger partial charge in [0, 0.05) is 55.0 Å². The molecule has 1 aromatic carbocycles. The fourth-order valence-corrected chi connectivity index (χ4v) is 4.78. The number of aromatic nitrogens is 5. The number of rotatable bonds is 6. The third kappa shape index (κ3) is 4.88. The zero-order valence-corrected chi connectivity index (χ0v) is 19.3. The van der Waals surface area contributed by atoms with Crippen LogP contribution in [0.25, 0.3) is 22.5 Å². The van der Waals surface area contributed by atoms with E-state index in [1.54, 1.807) is 18.6 Å². The van der Waals surface area contributed by atoms with Crippen molar-refractivity contribution in [3.8, 4) is 17.2 Å². The average Bonchev–Trinajstić information content (AvgIpc) is 3.46. The smallest absolute Gasteiger partial charge is 0.247 e. The van der Waals surface area contributed by atoms with Gasteiger partial charge in [0.05, 0.1) is 24.8 Å². The Bertz CT molecular complexity index is 1270. The summed E-state index contributed by atoms with van der Waals surface area (Å²) in [5.74, 6) is 2.11. The lowest BCUT2D eigenvalue weighted by atomic mass is 9.93. The zero-order valence-electron chi connectivity index (χ0n) is 19.3. The van der Waals surface area contributed by atoms with Crippen LogP contribution in [0, 0.1) is 0 Å². The monoisotopic (exact) mass is 473 g/mol. The minimum Gasteiger partial charge on any atom is -0.488 e. The average molecular weight is 474 g/mol. The van der Waals surface area contributed by atoms with E-state index in [-0.39, 0.29) is 6.10 Å². The Morgan fingerprint density at radius 3 is 2.63 bits per heavy atom. The van der Waals surface area contributed by atoms with Crippen LogP contribution in [0.3, 0.4) is 0 Å². The second kappa shape index (κ2) is 9.83. The first-order valence-electron chi connectivity index (χ1n) is 12.0. The number of morpholine rings is 1. The van der Waals surface area contributed by atoms with Crippen LogP contribution in [0.4, 0.5) is 11.5 Å². The number of fused-ring (bicyclic) bond motifs is 1. The van der Waals surface area contributed by atoms with Gasteiger partial charge in [-0.25, -0.2) is 9.97 Å². The van der Waals surface area contributed by atoms with Gasteiger partial charge in [-0.15, -0.1) is 10.2 Å². The molecule has 1 aliphatic heterocycles. The van der Waals surface area contributed by atoms with Gasteiger partial charge in [0.2, 0.25) is 12.3 Å². The zero-order chi connectivity index (χ0) is 23.5. The molecule has 180 valence electrons. The molecular weight excluding hydrogens is 446 g/mol. The molecule has 3 aromatic heterocycles. The maximum Gasteiger partial charge on any atom is 0.247 e. The van der Waals surface area contributed by atoms with Crippen LogP contribution in [0.1, 0.15) is 25.7 Å². The van der Waals surface area contributed by atoms with Gasteiger partial charge in [0.15, 0.2) is 0 Å². The second-order valence-corrected chi connectivity index (χ2v) is 8.88.